The van der Waals surface area contributed by atoms with Gasteiger partial charge in [-0.15, -0.1) is 0 Å². The first-order chi connectivity index (χ1) is 7.74. The van der Waals surface area contributed by atoms with Crippen molar-refractivity contribution in [3.8, 4) is 0 Å². The fourth-order valence-corrected chi connectivity index (χ4v) is 2.56. The van der Waals surface area contributed by atoms with Crippen molar-refractivity contribution in [1.82, 2.24) is 10.2 Å². The molecule has 94 valence electrons. The van der Waals surface area contributed by atoms with Gasteiger partial charge in [-0.3, -0.25) is 0 Å². The molecule has 0 radical (unpaired) electrons. The molecule has 1 saturated heterocycles. The summed E-state index contributed by atoms with van der Waals surface area (Å²) in [7, 11) is 2.22. The molecule has 3 heteroatoms. The monoisotopic (exact) mass is 226 g/mol. The zero-order valence-electron chi connectivity index (χ0n) is 10.8. The summed E-state index contributed by atoms with van der Waals surface area (Å²) in [6.45, 7) is 7.57. The zero-order chi connectivity index (χ0) is 11.4. The van der Waals surface area contributed by atoms with E-state index >= 15 is 0 Å². The average Bonchev–Trinajstić information content (AvgIpc) is 3.11. The number of nitrogens with zero attached hydrogens (tertiary/aromatic N) is 1. The molecule has 2 fully saturated rings. The Kier molecular flexibility index (Phi) is 4.22. The number of hydrogen-bond donors (Lipinski definition) is 1. The van der Waals surface area contributed by atoms with E-state index in [1.54, 1.807) is 0 Å². The molecule has 16 heavy (non-hydrogen) atoms. The Morgan fingerprint density at radius 3 is 2.81 bits per heavy atom. The molecule has 1 atom stereocenters. The van der Waals surface area contributed by atoms with Crippen LogP contribution in [0.25, 0.3) is 0 Å². The van der Waals surface area contributed by atoms with Gasteiger partial charge in [0.2, 0.25) is 0 Å². The van der Waals surface area contributed by atoms with E-state index in [9.17, 15) is 0 Å². The second-order valence-electron chi connectivity index (χ2n) is 5.64. The summed E-state index contributed by atoms with van der Waals surface area (Å²) in [6.07, 6.45) is 5.29. The summed E-state index contributed by atoms with van der Waals surface area (Å²) >= 11 is 0. The second kappa shape index (κ2) is 5.48. The van der Waals surface area contributed by atoms with Crippen molar-refractivity contribution in [3.05, 3.63) is 0 Å². The lowest BCUT2D eigenvalue weighted by Crippen LogP contribution is -2.48. The quantitative estimate of drug-likeness (QED) is 0.742. The molecular weight excluding hydrogens is 200 g/mol. The van der Waals surface area contributed by atoms with Crippen LogP contribution in [0.15, 0.2) is 0 Å². The third kappa shape index (κ3) is 3.44. The lowest BCUT2D eigenvalue weighted by molar-refractivity contribution is -0.0222. The summed E-state index contributed by atoms with van der Waals surface area (Å²) < 4.78 is 5.72. The average molecular weight is 226 g/mol. The molecule has 0 spiro atoms. The predicted molar refractivity (Wildman–Crippen MR) is 66.7 cm³/mol. The van der Waals surface area contributed by atoms with Gasteiger partial charge < -0.3 is 15.0 Å². The Morgan fingerprint density at radius 2 is 2.25 bits per heavy atom. The predicted octanol–water partition coefficient (Wildman–Crippen LogP) is 1.49. The van der Waals surface area contributed by atoms with Crippen molar-refractivity contribution < 1.29 is 4.74 Å². The van der Waals surface area contributed by atoms with Gasteiger partial charge in [-0.2, -0.15) is 0 Å². The van der Waals surface area contributed by atoms with Gasteiger partial charge in [-0.1, -0.05) is 6.92 Å². The highest BCUT2D eigenvalue weighted by Gasteiger charge is 2.35. The molecule has 0 bridgehead atoms. The summed E-state index contributed by atoms with van der Waals surface area (Å²) in [4.78, 5) is 2.42. The number of nitrogens with one attached hydrogen (secondary N) is 1. The summed E-state index contributed by atoms with van der Waals surface area (Å²) in [6, 6.07) is 0.811. The van der Waals surface area contributed by atoms with Crippen LogP contribution >= 0.6 is 0 Å². The van der Waals surface area contributed by atoms with Crippen LogP contribution in [0.3, 0.4) is 0 Å². The van der Waals surface area contributed by atoms with Gasteiger partial charge in [0, 0.05) is 31.2 Å². The molecule has 1 aliphatic heterocycles. The largest absolute Gasteiger partial charge is 0.381 e. The molecule has 1 saturated carbocycles. The Bertz CT molecular complexity index is 210. The van der Waals surface area contributed by atoms with Crippen molar-refractivity contribution in [1.29, 1.82) is 0 Å². The standard InChI is InChI=1S/C13H26N2O/c1-3-15(2)10-13(7-4-8-16-11-13)9-14-12-5-6-12/h12,14H,3-11H2,1-2H3. The van der Waals surface area contributed by atoms with Gasteiger partial charge in [-0.25, -0.2) is 0 Å². The van der Waals surface area contributed by atoms with Crippen LogP contribution in [0, 0.1) is 5.41 Å². The molecule has 2 aliphatic rings. The van der Waals surface area contributed by atoms with Crippen molar-refractivity contribution in [2.24, 2.45) is 5.41 Å². The lowest BCUT2D eigenvalue weighted by atomic mass is 9.81. The van der Waals surface area contributed by atoms with Gasteiger partial charge in [0.25, 0.3) is 0 Å². The van der Waals surface area contributed by atoms with Crippen LogP contribution in [0.4, 0.5) is 0 Å². The van der Waals surface area contributed by atoms with Gasteiger partial charge >= 0.3 is 0 Å². The van der Waals surface area contributed by atoms with Crippen LogP contribution in [-0.4, -0.2) is 50.8 Å². The summed E-state index contributed by atoms with van der Waals surface area (Å²) in [5, 5.41) is 3.69. The number of ether oxygens (including phenoxy) is 1. The molecule has 0 aromatic carbocycles. The summed E-state index contributed by atoms with van der Waals surface area (Å²) in [5.74, 6) is 0. The maximum atomic E-state index is 5.72. The van der Waals surface area contributed by atoms with Gasteiger partial charge in [0.05, 0.1) is 6.61 Å². The number of hydrogen-bond acceptors (Lipinski definition) is 3. The van der Waals surface area contributed by atoms with Gasteiger partial charge in [-0.05, 0) is 39.3 Å². The highest BCUT2D eigenvalue weighted by molar-refractivity contribution is 4.90. The van der Waals surface area contributed by atoms with Gasteiger partial charge in [0.15, 0.2) is 0 Å². The van der Waals surface area contributed by atoms with Crippen LogP contribution in [-0.2, 0) is 4.74 Å². The van der Waals surface area contributed by atoms with E-state index in [0.717, 1.165) is 32.3 Å². The number of rotatable bonds is 6. The molecule has 1 unspecified atom stereocenters. The van der Waals surface area contributed by atoms with Crippen molar-refractivity contribution in [3.63, 3.8) is 0 Å². The molecule has 1 aliphatic carbocycles. The molecule has 0 aromatic heterocycles. The normalized spacial score (nSPS) is 30.9. The molecule has 1 N–H and O–H groups in total. The Hall–Kier alpha value is -0.120. The minimum Gasteiger partial charge on any atom is -0.381 e. The minimum atomic E-state index is 0.367. The molecule has 1 heterocycles. The van der Waals surface area contributed by atoms with E-state index < -0.39 is 0 Å². The van der Waals surface area contributed by atoms with E-state index in [2.05, 4.69) is 24.2 Å². The molecule has 2 rings (SSSR count). The zero-order valence-corrected chi connectivity index (χ0v) is 10.8. The second-order valence-corrected chi connectivity index (χ2v) is 5.64. The topological polar surface area (TPSA) is 24.5 Å². The van der Waals surface area contributed by atoms with Crippen molar-refractivity contribution in [2.45, 2.75) is 38.6 Å². The molecule has 0 amide bonds. The third-order valence-corrected chi connectivity index (χ3v) is 3.89. The first-order valence-electron chi connectivity index (χ1n) is 6.74. The first kappa shape index (κ1) is 12.3. The fraction of sp³-hybridized carbons (Fsp3) is 1.00. The highest BCUT2D eigenvalue weighted by atomic mass is 16.5. The lowest BCUT2D eigenvalue weighted by Gasteiger charge is -2.40. The van der Waals surface area contributed by atoms with Crippen molar-refractivity contribution >= 4 is 0 Å². The first-order valence-corrected chi connectivity index (χ1v) is 6.74. The van der Waals surface area contributed by atoms with E-state index in [0.29, 0.717) is 5.41 Å². The maximum absolute atomic E-state index is 5.72. The van der Waals surface area contributed by atoms with E-state index in [1.165, 1.54) is 32.2 Å². The van der Waals surface area contributed by atoms with E-state index in [1.807, 2.05) is 0 Å². The smallest absolute Gasteiger partial charge is 0.0546 e. The Morgan fingerprint density at radius 1 is 1.44 bits per heavy atom. The highest BCUT2D eigenvalue weighted by Crippen LogP contribution is 2.30. The Balaban J connectivity index is 1.86. The van der Waals surface area contributed by atoms with Crippen LogP contribution in [0.2, 0.25) is 0 Å². The maximum Gasteiger partial charge on any atom is 0.0546 e. The van der Waals surface area contributed by atoms with Crippen molar-refractivity contribution in [2.75, 3.05) is 39.9 Å². The molecule has 0 aromatic rings. The molecular formula is C13H26N2O. The van der Waals surface area contributed by atoms with Crippen LogP contribution < -0.4 is 5.32 Å². The third-order valence-electron chi connectivity index (χ3n) is 3.89. The van der Waals surface area contributed by atoms with Crippen LogP contribution in [0.5, 0.6) is 0 Å². The Labute approximate surface area is 99.5 Å². The summed E-state index contributed by atoms with van der Waals surface area (Å²) in [5.41, 5.74) is 0.367. The van der Waals surface area contributed by atoms with E-state index in [4.69, 9.17) is 4.74 Å². The van der Waals surface area contributed by atoms with E-state index in [-0.39, 0.29) is 0 Å². The molecule has 3 nitrogen and oxygen atoms in total. The minimum absolute atomic E-state index is 0.367. The SMILES string of the molecule is CCN(C)CC1(CNC2CC2)CCCOC1. The van der Waals surface area contributed by atoms with Crippen LogP contribution in [0.1, 0.15) is 32.6 Å². The van der Waals surface area contributed by atoms with Gasteiger partial charge in [0.1, 0.15) is 0 Å². The fourth-order valence-electron chi connectivity index (χ4n) is 2.56.